The first kappa shape index (κ1) is 27.5. The molecule has 4 nitrogen and oxygen atoms in total. The fourth-order valence-corrected chi connectivity index (χ4v) is 3.99. The number of unbranched alkanes of at least 4 members (excludes halogenated alkanes) is 15. The predicted molar refractivity (Wildman–Crippen MR) is 132 cm³/mol. The average Bonchev–Trinajstić information content (AvgIpc) is 2.76. The highest BCUT2D eigenvalue weighted by Gasteiger charge is 2.09. The number of rotatable bonds is 21. The fourth-order valence-electron chi connectivity index (χ4n) is 3.99. The molecule has 0 aliphatic carbocycles. The Kier molecular flexibility index (Phi) is 17.0. The number of amides is 1. The average molecular weight is 433 g/mol. The van der Waals surface area contributed by atoms with E-state index in [9.17, 15) is 4.79 Å². The molecule has 4 heteroatoms. The van der Waals surface area contributed by atoms with Crippen LogP contribution in [0.5, 0.6) is 5.75 Å². The standard InChI is InChI=1S/C27H48N2O2/c1-2-3-4-5-6-7-8-9-10-11-12-13-14-15-16-17-22-31-25-20-18-24(19-21-25)26(28)23-27(29)30/h18-21,26H,2-17,22-23,28H2,1H3,(H2,29,30). The molecule has 1 aromatic rings. The maximum absolute atomic E-state index is 11.0. The van der Waals surface area contributed by atoms with Crippen molar-refractivity contribution in [1.29, 1.82) is 0 Å². The van der Waals surface area contributed by atoms with Crippen LogP contribution in [0.25, 0.3) is 0 Å². The molecule has 178 valence electrons. The van der Waals surface area contributed by atoms with E-state index in [1.54, 1.807) is 0 Å². The third kappa shape index (κ3) is 15.8. The Morgan fingerprint density at radius 2 is 1.16 bits per heavy atom. The molecule has 0 radical (unpaired) electrons. The summed E-state index contributed by atoms with van der Waals surface area (Å²) >= 11 is 0. The van der Waals surface area contributed by atoms with Crippen LogP contribution in [0.1, 0.15) is 128 Å². The van der Waals surface area contributed by atoms with E-state index in [0.717, 1.165) is 24.3 Å². The van der Waals surface area contributed by atoms with Crippen molar-refractivity contribution in [2.45, 2.75) is 122 Å². The van der Waals surface area contributed by atoms with Gasteiger partial charge in [0.15, 0.2) is 0 Å². The zero-order valence-electron chi connectivity index (χ0n) is 20.1. The summed E-state index contributed by atoms with van der Waals surface area (Å²) in [6.45, 7) is 3.04. The Balaban J connectivity index is 1.87. The lowest BCUT2D eigenvalue weighted by atomic mass is 10.0. The van der Waals surface area contributed by atoms with Crippen molar-refractivity contribution < 1.29 is 9.53 Å². The van der Waals surface area contributed by atoms with Crippen LogP contribution in [-0.4, -0.2) is 12.5 Å². The van der Waals surface area contributed by atoms with Gasteiger partial charge in [0.1, 0.15) is 5.75 Å². The van der Waals surface area contributed by atoms with Crippen molar-refractivity contribution in [2.75, 3.05) is 6.61 Å². The van der Waals surface area contributed by atoms with Crippen LogP contribution in [0.3, 0.4) is 0 Å². The Bertz CT molecular complexity index is 545. The highest BCUT2D eigenvalue weighted by Crippen LogP contribution is 2.19. The van der Waals surface area contributed by atoms with Crippen LogP contribution < -0.4 is 16.2 Å². The summed E-state index contributed by atoms with van der Waals surface area (Å²) in [5.74, 6) is 0.479. The Morgan fingerprint density at radius 1 is 0.742 bits per heavy atom. The first-order valence-electron chi connectivity index (χ1n) is 12.9. The van der Waals surface area contributed by atoms with E-state index in [-0.39, 0.29) is 18.4 Å². The van der Waals surface area contributed by atoms with Crippen molar-refractivity contribution in [3.8, 4) is 5.75 Å². The quantitative estimate of drug-likeness (QED) is 0.202. The van der Waals surface area contributed by atoms with Crippen molar-refractivity contribution in [1.82, 2.24) is 0 Å². The molecular formula is C27H48N2O2. The van der Waals surface area contributed by atoms with Crippen LogP contribution >= 0.6 is 0 Å². The number of carbonyl (C=O) groups excluding carboxylic acids is 1. The minimum atomic E-state index is -0.378. The molecule has 0 aromatic heterocycles. The van der Waals surface area contributed by atoms with Crippen molar-refractivity contribution in [3.63, 3.8) is 0 Å². The molecule has 1 aromatic carbocycles. The first-order chi connectivity index (χ1) is 15.1. The smallest absolute Gasteiger partial charge is 0.219 e. The molecule has 1 amide bonds. The van der Waals surface area contributed by atoms with Gasteiger partial charge in [-0.05, 0) is 24.1 Å². The maximum atomic E-state index is 11.0. The molecule has 31 heavy (non-hydrogen) atoms. The van der Waals surface area contributed by atoms with Gasteiger partial charge >= 0.3 is 0 Å². The number of nitrogens with two attached hydrogens (primary N) is 2. The molecule has 0 aliphatic heterocycles. The summed E-state index contributed by atoms with van der Waals surface area (Å²) < 4.78 is 5.81. The minimum absolute atomic E-state index is 0.166. The van der Waals surface area contributed by atoms with Crippen molar-refractivity contribution in [3.05, 3.63) is 29.8 Å². The second kappa shape index (κ2) is 19.2. The summed E-state index contributed by atoms with van der Waals surface area (Å²) in [5.41, 5.74) is 12.1. The van der Waals surface area contributed by atoms with E-state index < -0.39 is 0 Å². The molecule has 4 N–H and O–H groups in total. The zero-order chi connectivity index (χ0) is 22.6. The van der Waals surface area contributed by atoms with Crippen LogP contribution in [0.15, 0.2) is 24.3 Å². The number of hydrogen-bond acceptors (Lipinski definition) is 3. The molecule has 0 spiro atoms. The van der Waals surface area contributed by atoms with E-state index in [2.05, 4.69) is 6.92 Å². The summed E-state index contributed by atoms with van der Waals surface area (Å²) in [5, 5.41) is 0. The molecular weight excluding hydrogens is 384 g/mol. The molecule has 0 saturated heterocycles. The lowest BCUT2D eigenvalue weighted by molar-refractivity contribution is -0.118. The lowest BCUT2D eigenvalue weighted by Crippen LogP contribution is -2.20. The third-order valence-electron chi connectivity index (χ3n) is 6.00. The van der Waals surface area contributed by atoms with Gasteiger partial charge in [0.2, 0.25) is 5.91 Å². The van der Waals surface area contributed by atoms with Crippen LogP contribution in [-0.2, 0) is 4.79 Å². The van der Waals surface area contributed by atoms with Gasteiger partial charge in [-0.1, -0.05) is 115 Å². The van der Waals surface area contributed by atoms with E-state index >= 15 is 0 Å². The monoisotopic (exact) mass is 432 g/mol. The molecule has 1 atom stereocenters. The second-order valence-electron chi connectivity index (χ2n) is 9.00. The Labute approximate surface area is 191 Å². The summed E-state index contributed by atoms with van der Waals surface area (Å²) in [4.78, 5) is 11.0. The van der Waals surface area contributed by atoms with E-state index in [4.69, 9.17) is 16.2 Å². The molecule has 0 aliphatic rings. The predicted octanol–water partition coefficient (Wildman–Crippen LogP) is 7.20. The number of primary amides is 1. The second-order valence-corrected chi connectivity index (χ2v) is 9.00. The molecule has 1 unspecified atom stereocenters. The lowest BCUT2D eigenvalue weighted by Gasteiger charge is -2.11. The molecule has 0 saturated carbocycles. The van der Waals surface area contributed by atoms with Gasteiger partial charge in [-0.3, -0.25) is 4.79 Å². The normalized spacial score (nSPS) is 12.1. The van der Waals surface area contributed by atoms with Gasteiger partial charge in [-0.2, -0.15) is 0 Å². The van der Waals surface area contributed by atoms with Gasteiger partial charge in [-0.15, -0.1) is 0 Å². The number of ether oxygens (including phenoxy) is 1. The summed E-state index contributed by atoms with van der Waals surface area (Å²) in [6.07, 6.45) is 22.2. The molecule has 0 heterocycles. The molecule has 0 bridgehead atoms. The maximum Gasteiger partial charge on any atom is 0.219 e. The van der Waals surface area contributed by atoms with Gasteiger partial charge in [0.25, 0.3) is 0 Å². The summed E-state index contributed by atoms with van der Waals surface area (Å²) in [7, 11) is 0. The SMILES string of the molecule is CCCCCCCCCCCCCCCCCCOc1ccc(C(N)CC(N)=O)cc1. The molecule has 0 fully saturated rings. The number of benzene rings is 1. The zero-order valence-corrected chi connectivity index (χ0v) is 20.1. The highest BCUT2D eigenvalue weighted by atomic mass is 16.5. The van der Waals surface area contributed by atoms with Crippen LogP contribution in [0.2, 0.25) is 0 Å². The topological polar surface area (TPSA) is 78.3 Å². The van der Waals surface area contributed by atoms with Crippen molar-refractivity contribution >= 4 is 5.91 Å². The van der Waals surface area contributed by atoms with Gasteiger partial charge in [-0.25, -0.2) is 0 Å². The number of hydrogen-bond donors (Lipinski definition) is 2. The van der Waals surface area contributed by atoms with E-state index in [1.807, 2.05) is 24.3 Å². The van der Waals surface area contributed by atoms with Gasteiger partial charge in [0.05, 0.1) is 6.61 Å². The highest BCUT2D eigenvalue weighted by molar-refractivity contribution is 5.74. The van der Waals surface area contributed by atoms with Gasteiger partial charge < -0.3 is 16.2 Å². The number of carbonyl (C=O) groups is 1. The fraction of sp³-hybridized carbons (Fsp3) is 0.741. The Morgan fingerprint density at radius 3 is 1.58 bits per heavy atom. The van der Waals surface area contributed by atoms with Crippen LogP contribution in [0.4, 0.5) is 0 Å². The first-order valence-corrected chi connectivity index (χ1v) is 12.9. The third-order valence-corrected chi connectivity index (χ3v) is 6.00. The minimum Gasteiger partial charge on any atom is -0.494 e. The van der Waals surface area contributed by atoms with Crippen molar-refractivity contribution in [2.24, 2.45) is 11.5 Å². The van der Waals surface area contributed by atoms with E-state index in [1.165, 1.54) is 96.3 Å². The van der Waals surface area contributed by atoms with E-state index in [0.29, 0.717) is 0 Å². The molecule has 1 rings (SSSR count). The largest absolute Gasteiger partial charge is 0.494 e. The van der Waals surface area contributed by atoms with Crippen LogP contribution in [0, 0.1) is 0 Å². The van der Waals surface area contributed by atoms with Gasteiger partial charge in [0, 0.05) is 12.5 Å². The Hall–Kier alpha value is -1.55. The summed E-state index contributed by atoms with van der Waals surface area (Å²) in [6, 6.07) is 7.32.